The Kier molecular flexibility index (Phi) is 9.73. The Morgan fingerprint density at radius 3 is 1.33 bits per heavy atom. The number of benzene rings is 10. The maximum atomic E-state index is 6.60. The largest absolute Gasteiger partial charge is 0.456 e. The normalized spacial score (nSPS) is 11.7. The van der Waals surface area contributed by atoms with Crippen LogP contribution in [0.3, 0.4) is 0 Å². The first kappa shape index (κ1) is 42.0. The van der Waals surface area contributed by atoms with Gasteiger partial charge in [0.25, 0.3) is 0 Å². The maximum Gasteiger partial charge on any atom is 0.164 e. The number of nitrogens with zero attached hydrogens (tertiary/aromatic N) is 5. The second-order valence-electron chi connectivity index (χ2n) is 18.6. The number of rotatable bonds is 8. The van der Waals surface area contributed by atoms with E-state index in [9.17, 15) is 0 Å². The molecule has 0 bridgehead atoms. The van der Waals surface area contributed by atoms with Gasteiger partial charge in [0.1, 0.15) is 11.2 Å². The van der Waals surface area contributed by atoms with Gasteiger partial charge in [-0.2, -0.15) is 0 Å². The van der Waals surface area contributed by atoms with Crippen LogP contribution in [0, 0.1) is 0 Å². The van der Waals surface area contributed by atoms with Crippen LogP contribution in [0.1, 0.15) is 0 Å². The van der Waals surface area contributed by atoms with Crippen LogP contribution in [-0.4, -0.2) is 24.1 Å². The standard InChI is InChI=1S/C67H43N5O/c1-42-43(2)71(52-23-11-5-12-24-52)59-33-29-46(38-55(42)59)47-30-34-60-56(39-47)57-40-48(31-35-61(57)72(60)53-25-13-6-14-26-53)49-32-36-62-58(41-49)64-54(27-16-28-63(64)73-62)50-21-15-22-51(37-50)67-69-65(44-17-7-3-8-18-44)68-66(70-67)45-19-9-4-10-20-45/h3-41H,1-2H2. The first-order valence-corrected chi connectivity index (χ1v) is 24.5. The SMILES string of the molecule is C=c1c(=C)n(-c2ccccc2)c2ccc(-c3ccc4c(c3)c3cc(-c5ccc6oc7cccc(-c8cccc(-c9nc(-c%10ccccc%10)nc(-c%10ccccc%10)n9)c8)c7c6c5)ccc3n4-c3ccccc3)cc12. The van der Waals surface area contributed by atoms with E-state index in [0.717, 1.165) is 116 Å². The number of aromatic nitrogens is 5. The highest BCUT2D eigenvalue weighted by molar-refractivity contribution is 6.15. The van der Waals surface area contributed by atoms with Crippen molar-refractivity contribution in [2.24, 2.45) is 0 Å². The summed E-state index contributed by atoms with van der Waals surface area (Å²) in [4.78, 5) is 15.0. The summed E-state index contributed by atoms with van der Waals surface area (Å²) in [5.74, 6) is 1.86. The Balaban J connectivity index is 0.889. The van der Waals surface area contributed by atoms with Gasteiger partial charge in [0, 0.05) is 65.6 Å². The van der Waals surface area contributed by atoms with Crippen molar-refractivity contribution in [2.45, 2.75) is 0 Å². The van der Waals surface area contributed by atoms with Crippen LogP contribution in [-0.2, 0) is 0 Å². The zero-order chi connectivity index (χ0) is 48.6. The molecule has 14 rings (SSSR count). The lowest BCUT2D eigenvalue weighted by Crippen LogP contribution is -2.25. The van der Waals surface area contributed by atoms with E-state index in [1.54, 1.807) is 0 Å². The molecule has 0 fully saturated rings. The van der Waals surface area contributed by atoms with E-state index >= 15 is 0 Å². The Bertz CT molecular complexity index is 4520. The molecule has 0 amide bonds. The smallest absolute Gasteiger partial charge is 0.164 e. The van der Waals surface area contributed by atoms with E-state index in [4.69, 9.17) is 19.4 Å². The molecule has 0 saturated heterocycles. The van der Waals surface area contributed by atoms with Crippen LogP contribution in [0.15, 0.2) is 241 Å². The van der Waals surface area contributed by atoms with Crippen molar-refractivity contribution < 1.29 is 4.42 Å². The molecular formula is C67H43N5O. The third-order valence-electron chi connectivity index (χ3n) is 14.3. The molecule has 14 aromatic rings. The van der Waals surface area contributed by atoms with Crippen LogP contribution in [0.5, 0.6) is 0 Å². The summed E-state index contributed by atoms with van der Waals surface area (Å²) in [7, 11) is 0. The van der Waals surface area contributed by atoms with Crippen molar-refractivity contribution in [3.05, 3.63) is 247 Å². The molecular weight excluding hydrogens is 891 g/mol. The van der Waals surface area contributed by atoms with Gasteiger partial charge in [-0.25, -0.2) is 15.0 Å². The molecule has 0 saturated carbocycles. The summed E-state index contributed by atoms with van der Waals surface area (Å²) in [6, 6.07) is 82.9. The van der Waals surface area contributed by atoms with Crippen molar-refractivity contribution in [3.63, 3.8) is 0 Å². The van der Waals surface area contributed by atoms with Gasteiger partial charge in [0.2, 0.25) is 0 Å². The van der Waals surface area contributed by atoms with Crippen molar-refractivity contribution in [3.8, 4) is 78.9 Å². The second kappa shape index (κ2) is 16.9. The average molecular weight is 934 g/mol. The lowest BCUT2D eigenvalue weighted by atomic mass is 9.96. The van der Waals surface area contributed by atoms with E-state index < -0.39 is 0 Å². The van der Waals surface area contributed by atoms with Gasteiger partial charge in [-0.1, -0.05) is 165 Å². The minimum atomic E-state index is 0.608. The Hall–Kier alpha value is -9.91. The minimum absolute atomic E-state index is 0.608. The molecule has 4 heterocycles. The minimum Gasteiger partial charge on any atom is -0.456 e. The zero-order valence-corrected chi connectivity index (χ0v) is 39.6. The molecule has 342 valence electrons. The van der Waals surface area contributed by atoms with Crippen molar-refractivity contribution in [1.82, 2.24) is 24.1 Å². The monoisotopic (exact) mass is 933 g/mol. The summed E-state index contributed by atoms with van der Waals surface area (Å²) in [6.07, 6.45) is 0. The molecule has 0 atom stereocenters. The van der Waals surface area contributed by atoms with E-state index in [1.165, 1.54) is 10.8 Å². The number of hydrogen-bond donors (Lipinski definition) is 0. The molecule has 0 N–H and O–H groups in total. The van der Waals surface area contributed by atoms with Gasteiger partial charge in [-0.15, -0.1) is 0 Å². The molecule has 10 aromatic carbocycles. The van der Waals surface area contributed by atoms with E-state index in [2.05, 4.69) is 192 Å². The van der Waals surface area contributed by atoms with Gasteiger partial charge >= 0.3 is 0 Å². The molecule has 0 aliphatic rings. The number of furan rings is 1. The van der Waals surface area contributed by atoms with Crippen molar-refractivity contribution in [2.75, 3.05) is 0 Å². The average Bonchev–Trinajstić information content (AvgIpc) is 4.09. The summed E-state index contributed by atoms with van der Waals surface area (Å²) < 4.78 is 11.2. The fourth-order valence-corrected chi connectivity index (χ4v) is 10.7. The first-order valence-electron chi connectivity index (χ1n) is 24.5. The van der Waals surface area contributed by atoms with Crippen molar-refractivity contribution >= 4 is 67.8 Å². The third-order valence-corrected chi connectivity index (χ3v) is 14.3. The number of fused-ring (bicyclic) bond motifs is 7. The molecule has 0 aliphatic carbocycles. The summed E-state index contributed by atoms with van der Waals surface area (Å²) in [5.41, 5.74) is 16.6. The molecule has 4 aromatic heterocycles. The van der Waals surface area contributed by atoms with Crippen LogP contribution < -0.4 is 10.6 Å². The van der Waals surface area contributed by atoms with Crippen LogP contribution in [0.4, 0.5) is 0 Å². The second-order valence-corrected chi connectivity index (χ2v) is 18.6. The topological polar surface area (TPSA) is 61.7 Å². The van der Waals surface area contributed by atoms with Crippen LogP contribution >= 0.6 is 0 Å². The van der Waals surface area contributed by atoms with Crippen molar-refractivity contribution in [1.29, 1.82) is 0 Å². The van der Waals surface area contributed by atoms with Gasteiger partial charge in [0.05, 0.1) is 16.6 Å². The quantitative estimate of drug-likeness (QED) is 0.152. The molecule has 73 heavy (non-hydrogen) atoms. The number of para-hydroxylation sites is 2. The fraction of sp³-hybridized carbons (Fsp3) is 0. The van der Waals surface area contributed by atoms with E-state index in [-0.39, 0.29) is 0 Å². The molecule has 0 unspecified atom stereocenters. The molecule has 0 radical (unpaired) electrons. The Morgan fingerprint density at radius 2 is 0.753 bits per heavy atom. The van der Waals surface area contributed by atoms with Gasteiger partial charge in [-0.3, -0.25) is 0 Å². The molecule has 6 nitrogen and oxygen atoms in total. The summed E-state index contributed by atoms with van der Waals surface area (Å²) in [6.45, 7) is 8.93. The highest BCUT2D eigenvalue weighted by Crippen LogP contribution is 2.42. The Morgan fingerprint density at radius 1 is 0.315 bits per heavy atom. The fourth-order valence-electron chi connectivity index (χ4n) is 10.7. The Labute approximate surface area is 420 Å². The van der Waals surface area contributed by atoms with Gasteiger partial charge in [0.15, 0.2) is 17.5 Å². The molecule has 6 heteroatoms. The predicted molar refractivity (Wildman–Crippen MR) is 301 cm³/mol. The van der Waals surface area contributed by atoms with E-state index in [0.29, 0.717) is 17.5 Å². The molecule has 0 aliphatic heterocycles. The zero-order valence-electron chi connectivity index (χ0n) is 39.6. The highest BCUT2D eigenvalue weighted by Gasteiger charge is 2.19. The first-order chi connectivity index (χ1) is 36.0. The molecule has 0 spiro atoms. The van der Waals surface area contributed by atoms with Gasteiger partial charge in [-0.05, 0) is 118 Å². The lowest BCUT2D eigenvalue weighted by Gasteiger charge is -2.10. The van der Waals surface area contributed by atoms with Gasteiger partial charge < -0.3 is 13.6 Å². The van der Waals surface area contributed by atoms with Crippen LogP contribution in [0.25, 0.3) is 147 Å². The predicted octanol–water partition coefficient (Wildman–Crippen LogP) is 15.6. The lowest BCUT2D eigenvalue weighted by molar-refractivity contribution is 0.669. The third kappa shape index (κ3) is 7.07. The van der Waals surface area contributed by atoms with Crippen LogP contribution in [0.2, 0.25) is 0 Å². The summed E-state index contributed by atoms with van der Waals surface area (Å²) >= 11 is 0. The maximum absolute atomic E-state index is 6.60. The van der Waals surface area contributed by atoms with E-state index in [1.807, 2.05) is 66.7 Å². The number of hydrogen-bond acceptors (Lipinski definition) is 4. The highest BCUT2D eigenvalue weighted by atomic mass is 16.3. The summed E-state index contributed by atoms with van der Waals surface area (Å²) in [5, 5.41) is 7.38.